The summed E-state index contributed by atoms with van der Waals surface area (Å²) >= 11 is 0. The van der Waals surface area contributed by atoms with Crippen LogP contribution < -0.4 is 26.4 Å². The van der Waals surface area contributed by atoms with E-state index in [2.05, 4.69) is 194 Å². The predicted molar refractivity (Wildman–Crippen MR) is 324 cm³/mol. The van der Waals surface area contributed by atoms with Crippen LogP contribution in [0.1, 0.15) is 237 Å². The summed E-state index contributed by atoms with van der Waals surface area (Å²) in [5.74, 6) is 2.50. The highest BCUT2D eigenvalue weighted by atomic mass is 16.3. The first-order valence-electron chi connectivity index (χ1n) is 30.3. The first kappa shape index (κ1) is 49.6. The Bertz CT molecular complexity index is 3470. The zero-order valence-corrected chi connectivity index (χ0v) is 49.9. The summed E-state index contributed by atoms with van der Waals surface area (Å²) in [6.07, 6.45) is 15.4. The lowest BCUT2D eigenvalue weighted by Gasteiger charge is -2.57. The van der Waals surface area contributed by atoms with Gasteiger partial charge in [0, 0.05) is 33.8 Å². The zero-order valence-electron chi connectivity index (χ0n) is 49.9. The minimum Gasteiger partial charge on any atom is -0.468 e. The van der Waals surface area contributed by atoms with Crippen LogP contribution in [0, 0.1) is 31.6 Å². The molecule has 0 N–H and O–H groups in total. The van der Waals surface area contributed by atoms with Crippen LogP contribution in [-0.4, -0.2) is 6.71 Å². The monoisotopic (exact) mass is 1010 g/mol. The highest BCUT2D eigenvalue weighted by Gasteiger charge is 2.55. The average Bonchev–Trinajstić information content (AvgIpc) is 3.85. The molecule has 4 heteroatoms. The van der Waals surface area contributed by atoms with E-state index in [9.17, 15) is 0 Å². The summed E-state index contributed by atoms with van der Waals surface area (Å²) in [6, 6.07) is 29.0. The van der Waals surface area contributed by atoms with Gasteiger partial charge in [0.05, 0.1) is 11.3 Å². The van der Waals surface area contributed by atoms with Crippen LogP contribution in [-0.2, 0) is 43.3 Å². The van der Waals surface area contributed by atoms with E-state index in [0.29, 0.717) is 0 Å². The highest BCUT2D eigenvalue weighted by molar-refractivity contribution is 7.00. The number of hydrogen-bond acceptors (Lipinski definition) is 3. The van der Waals surface area contributed by atoms with Crippen LogP contribution in [0.15, 0.2) is 71.1 Å². The number of hydrogen-bond donors (Lipinski definition) is 0. The topological polar surface area (TPSA) is 19.6 Å². The zero-order chi connectivity index (χ0) is 53.6. The summed E-state index contributed by atoms with van der Waals surface area (Å²) in [5.41, 5.74) is 28.3. The molecule has 0 amide bonds. The Hall–Kier alpha value is -4.70. The lowest BCUT2D eigenvalue weighted by atomic mass is 9.35. The van der Waals surface area contributed by atoms with E-state index in [-0.39, 0.29) is 50.0 Å². The fourth-order valence-corrected chi connectivity index (χ4v) is 18.2. The molecule has 0 spiro atoms. The second kappa shape index (κ2) is 15.4. The molecule has 4 bridgehead atoms. The molecule has 5 aromatic carbocycles. The van der Waals surface area contributed by atoms with Gasteiger partial charge in [0.25, 0.3) is 6.71 Å². The minimum absolute atomic E-state index is 0.0366. The normalized spacial score (nSPS) is 27.1. The van der Waals surface area contributed by atoms with Crippen molar-refractivity contribution in [2.75, 3.05) is 9.80 Å². The van der Waals surface area contributed by atoms with Crippen molar-refractivity contribution in [3.05, 3.63) is 122 Å². The van der Waals surface area contributed by atoms with E-state index in [1.165, 1.54) is 178 Å². The van der Waals surface area contributed by atoms with Crippen LogP contribution in [0.4, 0.5) is 34.1 Å². The maximum absolute atomic E-state index is 7.93. The fraction of sp³-hybridized carbons (Fsp3) is 0.556. The third-order valence-corrected chi connectivity index (χ3v) is 23.0. The van der Waals surface area contributed by atoms with Crippen molar-refractivity contribution in [1.82, 2.24) is 0 Å². The van der Waals surface area contributed by atoms with E-state index in [1.54, 1.807) is 5.56 Å². The maximum atomic E-state index is 7.93. The third-order valence-electron chi connectivity index (χ3n) is 23.0. The lowest BCUT2D eigenvalue weighted by Crippen LogP contribution is -2.61. The molecular weight excluding hydrogens is 920 g/mol. The molecule has 0 atom stereocenters. The number of furan rings is 1. The molecule has 0 radical (unpaired) electrons. The molecule has 4 saturated carbocycles. The summed E-state index contributed by atoms with van der Waals surface area (Å²) in [5, 5.41) is 1.28. The van der Waals surface area contributed by atoms with Gasteiger partial charge in [-0.3, -0.25) is 0 Å². The van der Waals surface area contributed by atoms with Gasteiger partial charge in [-0.2, -0.15) is 0 Å². The molecule has 396 valence electrons. The summed E-state index contributed by atoms with van der Waals surface area (Å²) in [7, 11) is 0. The molecule has 0 saturated heterocycles. The molecular formula is C72H89BN2O. The molecule has 15 rings (SSSR count). The van der Waals surface area contributed by atoms with Gasteiger partial charge in [-0.15, -0.1) is 0 Å². The van der Waals surface area contributed by atoms with Gasteiger partial charge in [0.2, 0.25) is 0 Å². The van der Waals surface area contributed by atoms with E-state index >= 15 is 0 Å². The average molecular weight is 1010 g/mol. The number of fused-ring (bicyclic) bond motifs is 9. The standard InChI is InChI=1S/C72H89BN2O/c1-41-26-46(65(3,4)5)18-19-56(41)74-58-36-53-51(68(10,11)22-24-70(53,14)15)34-55(58)73-62-59(74)31-47(72-38-43-28-44(39-72)30-45(29-43)40-72)32-60(62)75(57-35-52-49(27-42(57)2)66(6,7)20-23-69(52,12)13)63-48-33-50-54(37-61(48)76-64(63)73)71(16,17)25-21-67(50,8)9/h18-19,26-27,31-37,43-45H,20-25,28-30,38-40H2,1-17H3. The Morgan fingerprint density at radius 1 is 0.474 bits per heavy atom. The smallest absolute Gasteiger partial charge is 0.297 e. The Kier molecular flexibility index (Phi) is 10.0. The molecule has 7 aliphatic carbocycles. The molecule has 3 heterocycles. The van der Waals surface area contributed by atoms with Crippen LogP contribution in [0.25, 0.3) is 11.0 Å². The Balaban J connectivity index is 1.15. The largest absolute Gasteiger partial charge is 0.468 e. The van der Waals surface area contributed by atoms with Crippen molar-refractivity contribution in [2.24, 2.45) is 17.8 Å². The van der Waals surface area contributed by atoms with Crippen molar-refractivity contribution in [1.29, 1.82) is 0 Å². The van der Waals surface area contributed by atoms with Gasteiger partial charge in [-0.05, 0) is 261 Å². The van der Waals surface area contributed by atoms with Crippen molar-refractivity contribution >= 4 is 68.4 Å². The second-order valence-corrected chi connectivity index (χ2v) is 32.1. The third kappa shape index (κ3) is 6.91. The van der Waals surface area contributed by atoms with E-state index in [4.69, 9.17) is 4.42 Å². The van der Waals surface area contributed by atoms with E-state index in [0.717, 1.165) is 29.0 Å². The van der Waals surface area contributed by atoms with Crippen molar-refractivity contribution in [2.45, 2.75) is 238 Å². The van der Waals surface area contributed by atoms with Crippen LogP contribution in [0.2, 0.25) is 0 Å². The van der Waals surface area contributed by atoms with Gasteiger partial charge in [0.15, 0.2) is 0 Å². The summed E-state index contributed by atoms with van der Waals surface area (Å²) < 4.78 is 7.93. The van der Waals surface area contributed by atoms with Crippen LogP contribution in [0.3, 0.4) is 0 Å². The van der Waals surface area contributed by atoms with Crippen molar-refractivity contribution < 1.29 is 4.42 Å². The lowest BCUT2D eigenvalue weighted by molar-refractivity contribution is -0.00514. The number of rotatable bonds is 3. The van der Waals surface area contributed by atoms with Gasteiger partial charge < -0.3 is 14.2 Å². The summed E-state index contributed by atoms with van der Waals surface area (Å²) in [6.45, 7) is 41.9. The predicted octanol–water partition coefficient (Wildman–Crippen LogP) is 17.9. The van der Waals surface area contributed by atoms with Crippen LogP contribution >= 0.6 is 0 Å². The molecule has 6 aromatic rings. The van der Waals surface area contributed by atoms with Crippen LogP contribution in [0.5, 0.6) is 0 Å². The number of aryl methyl sites for hydroxylation is 2. The number of anilines is 6. The molecule has 3 nitrogen and oxygen atoms in total. The number of nitrogens with zero attached hydrogens (tertiary/aromatic N) is 2. The minimum atomic E-state index is -0.0908. The highest BCUT2D eigenvalue weighted by Crippen LogP contribution is 2.63. The van der Waals surface area contributed by atoms with E-state index in [1.807, 2.05) is 0 Å². The SMILES string of the molecule is Cc1cc(C(C)(C)C)ccc1N1c2cc3c(cc2B2c4oc5cc6c(cc5c4N(c4cc5c(cc4C)C(C)(C)CCC5(C)C)c4cc(C57CC8CC(CC(C8)C5)C7)cc1c42)C(C)(C)CCC6(C)C)C(C)(C)CCC3(C)C. The summed E-state index contributed by atoms with van der Waals surface area (Å²) in [4.78, 5) is 5.63. The number of benzene rings is 5. The second-order valence-electron chi connectivity index (χ2n) is 32.1. The Labute approximate surface area is 458 Å². The fourth-order valence-electron chi connectivity index (χ4n) is 18.2. The van der Waals surface area contributed by atoms with Gasteiger partial charge >= 0.3 is 0 Å². The van der Waals surface area contributed by atoms with Crippen molar-refractivity contribution in [3.8, 4) is 0 Å². The Morgan fingerprint density at radius 2 is 0.921 bits per heavy atom. The van der Waals surface area contributed by atoms with Gasteiger partial charge in [-0.25, -0.2) is 0 Å². The molecule has 0 unspecified atom stereocenters. The van der Waals surface area contributed by atoms with Gasteiger partial charge in [-0.1, -0.05) is 128 Å². The molecule has 2 aliphatic heterocycles. The Morgan fingerprint density at radius 3 is 1.43 bits per heavy atom. The van der Waals surface area contributed by atoms with Gasteiger partial charge in [0.1, 0.15) is 5.58 Å². The first-order chi connectivity index (χ1) is 35.5. The maximum Gasteiger partial charge on any atom is 0.297 e. The van der Waals surface area contributed by atoms with E-state index < -0.39 is 0 Å². The molecule has 1 aromatic heterocycles. The quantitative estimate of drug-likeness (QED) is 0.164. The van der Waals surface area contributed by atoms with Crippen molar-refractivity contribution in [3.63, 3.8) is 0 Å². The first-order valence-corrected chi connectivity index (χ1v) is 30.3. The molecule has 76 heavy (non-hydrogen) atoms. The molecule has 9 aliphatic rings. The molecule has 4 fully saturated rings.